The predicted octanol–water partition coefficient (Wildman–Crippen LogP) is 3.28. The van der Waals surface area contributed by atoms with E-state index in [0.29, 0.717) is 11.5 Å². The van der Waals surface area contributed by atoms with E-state index in [0.717, 1.165) is 21.5 Å². The Hall–Kier alpha value is -3.85. The molecule has 1 saturated heterocycles. The molecule has 0 spiro atoms. The van der Waals surface area contributed by atoms with E-state index in [1.807, 2.05) is 48.5 Å². The van der Waals surface area contributed by atoms with Gasteiger partial charge in [-0.05, 0) is 10.8 Å². The molecule has 9 nitrogen and oxygen atoms in total. The quantitative estimate of drug-likeness (QED) is 0.316. The molecule has 5 rings (SSSR count). The minimum atomic E-state index is -1.09. The first-order valence-corrected chi connectivity index (χ1v) is 11.2. The number of benzene rings is 3. The summed E-state index contributed by atoms with van der Waals surface area (Å²) in [4.78, 5) is 35.4. The number of hydrogen-bond acceptors (Lipinski definition) is 9. The Morgan fingerprint density at radius 1 is 0.714 bits per heavy atom. The number of ether oxygens (including phenoxy) is 6. The minimum Gasteiger partial charge on any atom is -0.475 e. The number of rotatable bonds is 4. The summed E-state index contributed by atoms with van der Waals surface area (Å²) in [6.45, 7) is 3.50. The number of hydrogen-bond donors (Lipinski definition) is 0. The lowest BCUT2D eigenvalue weighted by atomic mass is 9.95. The maximum Gasteiger partial charge on any atom is 0.303 e. The Kier molecular flexibility index (Phi) is 5.94. The maximum atomic E-state index is 12.0. The molecule has 3 aromatic rings. The van der Waals surface area contributed by atoms with E-state index < -0.39 is 48.6 Å². The summed E-state index contributed by atoms with van der Waals surface area (Å²) in [6.07, 6.45) is -5.09. The van der Waals surface area contributed by atoms with Crippen LogP contribution in [0.5, 0.6) is 11.5 Å². The van der Waals surface area contributed by atoms with Crippen LogP contribution in [0.3, 0.4) is 0 Å². The molecule has 0 N–H and O–H groups in total. The second-order valence-electron chi connectivity index (χ2n) is 8.44. The van der Waals surface area contributed by atoms with Gasteiger partial charge in [-0.1, -0.05) is 48.5 Å². The van der Waals surface area contributed by atoms with Gasteiger partial charge in [-0.15, -0.1) is 0 Å². The highest BCUT2D eigenvalue weighted by Crippen LogP contribution is 2.48. The van der Waals surface area contributed by atoms with E-state index in [9.17, 15) is 14.4 Å². The molecule has 2 aliphatic rings. The van der Waals surface area contributed by atoms with E-state index in [-0.39, 0.29) is 6.61 Å². The molecule has 9 heteroatoms. The third-order valence-electron chi connectivity index (χ3n) is 5.97. The summed E-state index contributed by atoms with van der Waals surface area (Å²) < 4.78 is 35.1. The fourth-order valence-corrected chi connectivity index (χ4v) is 4.65. The summed E-state index contributed by atoms with van der Waals surface area (Å²) in [6, 6.07) is 15.5. The smallest absolute Gasteiger partial charge is 0.303 e. The molecule has 0 bridgehead atoms. The Labute approximate surface area is 200 Å². The number of carbonyl (C=O) groups excluding carboxylic acids is 3. The van der Waals surface area contributed by atoms with Crippen molar-refractivity contribution in [1.29, 1.82) is 0 Å². The molecule has 0 aromatic heterocycles. The zero-order chi connectivity index (χ0) is 24.7. The van der Waals surface area contributed by atoms with Gasteiger partial charge in [-0.2, -0.15) is 0 Å². The topological polar surface area (TPSA) is 107 Å². The lowest BCUT2D eigenvalue weighted by Gasteiger charge is -2.46. The molecule has 1 fully saturated rings. The van der Waals surface area contributed by atoms with Crippen LogP contribution >= 0.6 is 0 Å². The summed E-state index contributed by atoms with van der Waals surface area (Å²) in [5, 5.41) is 3.58. The van der Waals surface area contributed by atoms with Crippen LogP contribution in [0.1, 0.15) is 20.8 Å². The molecular weight excluding hydrogens is 456 g/mol. The normalized spacial score (nSPS) is 24.9. The molecule has 5 atom stereocenters. The molecule has 2 aliphatic heterocycles. The van der Waals surface area contributed by atoms with Crippen molar-refractivity contribution in [1.82, 2.24) is 0 Å². The summed E-state index contributed by atoms with van der Waals surface area (Å²) in [7, 11) is 0. The zero-order valence-electron chi connectivity index (χ0n) is 19.4. The largest absolute Gasteiger partial charge is 0.475 e. The van der Waals surface area contributed by atoms with Gasteiger partial charge in [0.2, 0.25) is 12.4 Å². The van der Waals surface area contributed by atoms with Crippen molar-refractivity contribution in [2.45, 2.75) is 51.5 Å². The van der Waals surface area contributed by atoms with Crippen molar-refractivity contribution in [3.8, 4) is 11.5 Å². The van der Waals surface area contributed by atoms with Crippen LogP contribution in [0.2, 0.25) is 0 Å². The lowest BCUT2D eigenvalue weighted by Crippen LogP contribution is -2.65. The maximum absolute atomic E-state index is 12.0. The van der Waals surface area contributed by atoms with Crippen LogP contribution < -0.4 is 9.47 Å². The first-order chi connectivity index (χ1) is 16.8. The Balaban J connectivity index is 1.63. The molecule has 0 aliphatic carbocycles. The summed E-state index contributed by atoms with van der Waals surface area (Å²) in [5.74, 6) is -0.794. The third kappa shape index (κ3) is 4.23. The van der Waals surface area contributed by atoms with E-state index in [1.54, 1.807) is 0 Å². The van der Waals surface area contributed by atoms with E-state index in [2.05, 4.69) is 0 Å². The molecule has 3 aromatic carbocycles. The fourth-order valence-electron chi connectivity index (χ4n) is 4.65. The zero-order valence-corrected chi connectivity index (χ0v) is 19.4. The summed E-state index contributed by atoms with van der Waals surface area (Å²) in [5.41, 5.74) is 0. The van der Waals surface area contributed by atoms with Crippen LogP contribution in [-0.4, -0.2) is 55.2 Å². The van der Waals surface area contributed by atoms with Crippen molar-refractivity contribution >= 4 is 39.5 Å². The van der Waals surface area contributed by atoms with E-state index in [4.69, 9.17) is 28.4 Å². The molecular formula is C26H24O9. The second kappa shape index (κ2) is 9.07. The first-order valence-electron chi connectivity index (χ1n) is 11.2. The molecule has 35 heavy (non-hydrogen) atoms. The summed E-state index contributed by atoms with van der Waals surface area (Å²) >= 11 is 0. The van der Waals surface area contributed by atoms with E-state index in [1.165, 1.54) is 20.8 Å². The van der Waals surface area contributed by atoms with Gasteiger partial charge in [-0.3, -0.25) is 14.4 Å². The van der Waals surface area contributed by atoms with Crippen molar-refractivity contribution in [2.24, 2.45) is 0 Å². The Morgan fingerprint density at radius 2 is 1.23 bits per heavy atom. The Bertz CT molecular complexity index is 1320. The van der Waals surface area contributed by atoms with Crippen molar-refractivity contribution in [3.63, 3.8) is 0 Å². The van der Waals surface area contributed by atoms with Crippen molar-refractivity contribution < 1.29 is 42.8 Å². The number of carbonyl (C=O) groups is 3. The van der Waals surface area contributed by atoms with Gasteiger partial charge in [0.1, 0.15) is 12.7 Å². The molecule has 0 unspecified atom stereocenters. The van der Waals surface area contributed by atoms with Crippen LogP contribution in [0.4, 0.5) is 0 Å². The van der Waals surface area contributed by atoms with Gasteiger partial charge in [-0.25, -0.2) is 0 Å². The van der Waals surface area contributed by atoms with Crippen molar-refractivity contribution in [3.05, 3.63) is 48.5 Å². The van der Waals surface area contributed by atoms with Crippen LogP contribution in [0.25, 0.3) is 21.5 Å². The van der Waals surface area contributed by atoms with E-state index >= 15 is 0 Å². The standard InChI is InChI=1S/C26H24O9/c1-13(27)30-12-20-23(31-14(2)28)24(32-15(3)29)25-26(33-20)35-22-19-11-7-5-9-17(19)16-8-4-6-10-18(16)21(22)34-25/h4-11,20,23-26H,12H2,1-3H3/t20-,23-,24-,25+,26+/m0/s1. The van der Waals surface area contributed by atoms with Gasteiger partial charge in [0.15, 0.2) is 23.7 Å². The average molecular weight is 480 g/mol. The highest BCUT2D eigenvalue weighted by molar-refractivity contribution is 6.13. The fraction of sp³-hybridized carbons (Fsp3) is 0.346. The molecule has 0 amide bonds. The Morgan fingerprint density at radius 3 is 1.77 bits per heavy atom. The number of esters is 3. The first kappa shape index (κ1) is 22.9. The second-order valence-corrected chi connectivity index (χ2v) is 8.44. The highest BCUT2D eigenvalue weighted by atomic mass is 16.7. The molecule has 0 radical (unpaired) electrons. The van der Waals surface area contributed by atoms with Crippen molar-refractivity contribution in [2.75, 3.05) is 6.61 Å². The molecule has 2 heterocycles. The molecule has 0 saturated carbocycles. The third-order valence-corrected chi connectivity index (χ3v) is 5.97. The average Bonchev–Trinajstić information content (AvgIpc) is 2.83. The number of fused-ring (bicyclic) bond motifs is 7. The van der Waals surface area contributed by atoms with Crippen LogP contribution in [-0.2, 0) is 33.3 Å². The van der Waals surface area contributed by atoms with Crippen LogP contribution in [0, 0.1) is 0 Å². The SMILES string of the molecule is CC(=O)OC[C@@H]1O[C@@H]2Oc3c(c4ccccc4c4ccccc34)O[C@@H]2[C@@H](OC(C)=O)[C@H]1OC(C)=O. The highest BCUT2D eigenvalue weighted by Gasteiger charge is 2.55. The van der Waals surface area contributed by atoms with Gasteiger partial charge in [0, 0.05) is 31.5 Å². The van der Waals surface area contributed by atoms with Gasteiger partial charge < -0.3 is 28.4 Å². The van der Waals surface area contributed by atoms with Crippen LogP contribution in [0.15, 0.2) is 48.5 Å². The molecule has 182 valence electrons. The monoisotopic (exact) mass is 480 g/mol. The van der Waals surface area contributed by atoms with Gasteiger partial charge in [0.25, 0.3) is 0 Å². The minimum absolute atomic E-state index is 0.233. The van der Waals surface area contributed by atoms with Gasteiger partial charge in [0.05, 0.1) is 0 Å². The predicted molar refractivity (Wildman–Crippen MR) is 123 cm³/mol. The lowest BCUT2D eigenvalue weighted by molar-refractivity contribution is -0.286. The van der Waals surface area contributed by atoms with Gasteiger partial charge >= 0.3 is 17.9 Å².